The number of aliphatic carboxylic acids is 1. The molecule has 0 fully saturated rings. The number of H-pyrrole nitrogens is 1. The van der Waals surface area contributed by atoms with Crippen LogP contribution in [0.2, 0.25) is 0 Å². The summed E-state index contributed by atoms with van der Waals surface area (Å²) < 4.78 is 0. The Morgan fingerprint density at radius 1 is 0.533 bits per heavy atom. The van der Waals surface area contributed by atoms with Gasteiger partial charge < -0.3 is 79.6 Å². The first-order chi connectivity index (χ1) is 70.8. The summed E-state index contributed by atoms with van der Waals surface area (Å²) >= 11 is 0. The summed E-state index contributed by atoms with van der Waals surface area (Å²) in [6.07, 6.45) is 3.28. The van der Waals surface area contributed by atoms with Crippen molar-refractivity contribution < 1.29 is 111 Å². The van der Waals surface area contributed by atoms with Crippen LogP contribution < -0.4 is 97.2 Å². The number of carbonyl (C=O) groups is 20. The molecule has 4 aromatic rings. The van der Waals surface area contributed by atoms with Crippen LogP contribution >= 0.6 is 0 Å². The van der Waals surface area contributed by atoms with Crippen LogP contribution in [0.15, 0.2) is 97.2 Å². The van der Waals surface area contributed by atoms with Crippen LogP contribution in [-0.4, -0.2) is 297 Å². The number of benzene rings is 3. The van der Waals surface area contributed by atoms with Crippen molar-refractivity contribution in [1.82, 2.24) is 95.6 Å². The number of nitrogens with zero attached hydrogens (tertiary/aromatic N) is 1. The van der Waals surface area contributed by atoms with Gasteiger partial charge in [-0.2, -0.15) is 0 Å². The van der Waals surface area contributed by atoms with Crippen LogP contribution in [0.25, 0.3) is 10.9 Å². The highest BCUT2D eigenvalue weighted by atomic mass is 16.4. The molecule has 17 atom stereocenters. The zero-order valence-electron chi connectivity index (χ0n) is 89.6. The normalized spacial score (nSPS) is 21.5. The number of aromatic amines is 1. The lowest BCUT2D eigenvalue weighted by atomic mass is 9.84. The van der Waals surface area contributed by atoms with Crippen molar-refractivity contribution in [3.8, 4) is 5.75 Å². The van der Waals surface area contributed by atoms with Gasteiger partial charge in [0.2, 0.25) is 58.6 Å². The second kappa shape index (κ2) is 66.1. The number of nitrogens with one attached hydrogen (secondary N) is 17. The maximum absolute atomic E-state index is 15.7. The summed E-state index contributed by atoms with van der Waals surface area (Å²) in [5, 5.41) is 61.5. The minimum atomic E-state index is -2.20. The second-order valence-corrected chi connectivity index (χ2v) is 40.7. The van der Waals surface area contributed by atoms with Gasteiger partial charge >= 0.3 is 5.97 Å². The van der Waals surface area contributed by atoms with Crippen LogP contribution in [0.4, 0.5) is 0 Å². The van der Waals surface area contributed by atoms with Crippen LogP contribution in [0.1, 0.15) is 248 Å². The molecule has 43 heteroatoms. The number of aromatic hydroxyl groups is 1. The van der Waals surface area contributed by atoms with Crippen molar-refractivity contribution in [3.05, 3.63) is 114 Å². The first kappa shape index (κ1) is 129. The Morgan fingerprint density at radius 2 is 1.08 bits per heavy atom. The molecule has 1 aliphatic heterocycles. The van der Waals surface area contributed by atoms with Crippen molar-refractivity contribution in [2.75, 3.05) is 53.0 Å². The predicted molar refractivity (Wildman–Crippen MR) is 564 cm³/mol. The van der Waals surface area contributed by atoms with E-state index in [2.05, 4.69) is 90.7 Å². The number of phenols is 1. The van der Waals surface area contributed by atoms with Gasteiger partial charge in [0.1, 0.15) is 47.0 Å². The number of phenolic OH excluding ortho intramolecular Hbond substituents is 1. The maximum atomic E-state index is 15.7. The third kappa shape index (κ3) is 46.6. The Kier molecular flexibility index (Phi) is 56.7. The number of ketones is 13. The zero-order valence-corrected chi connectivity index (χ0v) is 89.6. The highest BCUT2D eigenvalue weighted by Crippen LogP contribution is 2.26. The van der Waals surface area contributed by atoms with Crippen molar-refractivity contribution in [2.24, 2.45) is 23.3 Å². The van der Waals surface area contributed by atoms with Crippen molar-refractivity contribution in [2.45, 2.75) is 353 Å². The largest absolute Gasteiger partial charge is 0.508 e. The smallest absolute Gasteiger partial charge is 0.303 e. The summed E-state index contributed by atoms with van der Waals surface area (Å²) in [5.41, 5.74) is 26.5. The number of hydrogen-bond acceptors (Lipinski definition) is 35. The molecule has 0 unspecified atom stereocenters. The number of carboxylic acids is 1. The number of para-hydroxylation sites is 1. The van der Waals surface area contributed by atoms with Gasteiger partial charge in [0.05, 0.1) is 98.1 Å². The van der Waals surface area contributed by atoms with Gasteiger partial charge in [-0.05, 0) is 200 Å². The number of rotatable bonds is 55. The number of aromatic nitrogens is 1. The highest BCUT2D eigenvalue weighted by molar-refractivity contribution is 6.43. The highest BCUT2D eigenvalue weighted by Gasteiger charge is 2.45. The number of allylic oxidation sites excluding steroid dienone is 2. The van der Waals surface area contributed by atoms with E-state index < -0.39 is 222 Å². The Morgan fingerprint density at radius 3 is 1.65 bits per heavy atom. The molecule has 3 aromatic carbocycles. The predicted octanol–water partition coefficient (Wildman–Crippen LogP) is 1.80. The molecule has 0 radical (unpaired) electrons. The quantitative estimate of drug-likeness (QED) is 0.00985. The van der Waals surface area contributed by atoms with Crippen molar-refractivity contribution >= 4 is 127 Å². The molecule has 0 spiro atoms. The van der Waals surface area contributed by atoms with E-state index >= 15 is 24.0 Å². The second-order valence-electron chi connectivity index (χ2n) is 40.7. The van der Waals surface area contributed by atoms with Gasteiger partial charge in [-0.25, -0.2) is 32.6 Å². The van der Waals surface area contributed by atoms with Gasteiger partial charge in [-0.3, -0.25) is 106 Å². The van der Waals surface area contributed by atoms with E-state index in [-0.39, 0.29) is 176 Å². The standard InChI is InChI=1S/C107H164N20O23/c1-63(2)52-82(117-72(12)129)99(144)101(146)98(71(11)128)126-125-85(54-73-30-24-23-25-31-73)105(150)120-107(14)48-29-22-20-18-16-17-19-21-28-47-106(13,94(139)60-114-68(8)90(135)46-51-112-67(7)89(134)45-50-111-66(6)88(133)44-49-110-65(5)86(131)40-41-87(132)69(9)116-62-127(15)61-96(109)141)119-104(149)83(53-64(3)4)123-121-79(38-42-95(108)140)93(138)59-113-70(10)91(136)57-92(137)81(56-75-58-115-78-33-27-26-32-77(75)78)122-124-84(55-74-34-36-76(130)37-35-74)103(148)118-80(39-43-97(142)143)100(145)102(107)147/h17,19,23-27,30-37,58,63-71,79-85,98,110-116,121-126,128,130H,16,18,20-22,28-29,38-57,59-62H2,1-15H3,(H2,108,140)(H2,109,141)(H,117,129)(H,118,148)(H,119,149)(H,120,150)(H,142,143)/b19-17+/t65-,66-,67-,68-,69-,70-,71+,79-,80-,81-,82-,83-,84-,85-,98-,106-,107+/m0/s1. The Hall–Kier alpha value is -11.8. The summed E-state index contributed by atoms with van der Waals surface area (Å²) in [5.74, 6) is -14.9. The zero-order chi connectivity index (χ0) is 112. The molecule has 0 saturated heterocycles. The molecule has 1 aromatic heterocycles. The number of likely N-dealkylation sites (N-methyl/N-ethyl adjacent to an activating group) is 1. The first-order valence-corrected chi connectivity index (χ1v) is 52.1. The van der Waals surface area contributed by atoms with Gasteiger partial charge in [0.15, 0.2) is 40.5 Å². The number of carboxylic acid groups (broad SMARTS) is 1. The van der Waals surface area contributed by atoms with E-state index in [4.69, 9.17) is 11.5 Å². The van der Waals surface area contributed by atoms with Crippen molar-refractivity contribution in [3.63, 3.8) is 0 Å². The van der Waals surface area contributed by atoms with Gasteiger partial charge in [0.25, 0.3) is 0 Å². The van der Waals surface area contributed by atoms with Crippen LogP contribution in [0.3, 0.4) is 0 Å². The topological polar surface area (TPSA) is 666 Å². The summed E-state index contributed by atoms with van der Waals surface area (Å²) in [4.78, 5) is 283. The number of hydrazine groups is 3. The fourth-order valence-electron chi connectivity index (χ4n) is 17.0. The van der Waals surface area contributed by atoms with Crippen LogP contribution in [-0.2, 0) is 115 Å². The SMILES string of the molecule is CC(=O)N[C@@H](CC(C)C)C(=O)C(=O)[C@@H](NN[C@@H](Cc1ccccc1)C(=O)N[C@]1(C)CCCCCC/C=C/CCC[C@@](C)(C(=O)CN[C@@H](C)C(=O)CCN[C@@H](C)C(=O)CCN[C@@H](C)C(=O)CCN[C@@H](C)C(=O)CCC(=O)[C@H](C)NCN(C)CC(N)=O)NC(=O)[C@H](CC(C)C)NN[C@@H](CCC(N)=O)C(=O)CN[C@@H](C)C(=O)CC(=O)[C@H](Cc2c[nH]c3ccccc23)NN[C@@H](Cc2ccc(O)cc2)C(=O)N[C@@H](CCC(=O)O)C(=O)C1=O)[C@@H](C)O. The molecule has 0 aliphatic carbocycles. The van der Waals surface area contributed by atoms with E-state index in [1.54, 1.807) is 128 Å². The number of aliphatic hydroxyl groups excluding tert-OH is 1. The molecule has 43 nitrogen and oxygen atoms in total. The number of primary amides is 2. The number of amides is 6. The Balaban J connectivity index is 1.45. The monoisotopic (exact) mass is 2100 g/mol. The molecule has 1 aliphatic rings. The molecule has 150 heavy (non-hydrogen) atoms. The third-order valence-corrected chi connectivity index (χ3v) is 26.6. The van der Waals surface area contributed by atoms with Gasteiger partial charge in [-0.1, -0.05) is 120 Å². The number of fused-ring (bicyclic) bond motifs is 1. The van der Waals surface area contributed by atoms with Gasteiger partial charge in [-0.15, -0.1) is 0 Å². The lowest BCUT2D eigenvalue weighted by molar-refractivity contribution is -0.145. The molecule has 830 valence electrons. The van der Waals surface area contributed by atoms with E-state index in [0.29, 0.717) is 66.1 Å². The molecular weight excluding hydrogens is 1930 g/mol. The minimum absolute atomic E-state index is 0.00382. The molecule has 0 bridgehead atoms. The lowest BCUT2D eigenvalue weighted by Gasteiger charge is -2.33. The van der Waals surface area contributed by atoms with Crippen LogP contribution in [0, 0.1) is 11.8 Å². The number of carbonyl (C=O) groups excluding carboxylic acids is 19. The Labute approximate surface area is 878 Å². The van der Waals surface area contributed by atoms with E-state index in [1.165, 1.54) is 52.0 Å². The molecule has 0 saturated carbocycles. The summed E-state index contributed by atoms with van der Waals surface area (Å²) in [6.45, 7) is 21.9. The lowest BCUT2D eigenvalue weighted by Crippen LogP contribution is -2.65. The molecule has 6 amide bonds. The number of aliphatic hydroxyl groups is 1. The van der Waals surface area contributed by atoms with E-state index in [9.17, 15) is 87.2 Å². The molecule has 5 rings (SSSR count). The van der Waals surface area contributed by atoms with Crippen molar-refractivity contribution in [1.29, 1.82) is 0 Å². The number of nitrogens with two attached hydrogens (primary N) is 2. The average Bonchev–Trinajstić information content (AvgIpc) is 1.73. The molecule has 24 N–H and O–H groups in total. The fraction of sp³-hybridized carbons (Fsp3) is 0.607. The van der Waals surface area contributed by atoms with Gasteiger partial charge in [0, 0.05) is 95.3 Å². The summed E-state index contributed by atoms with van der Waals surface area (Å²) in [7, 11) is 1.67. The number of hydrogen-bond donors (Lipinski definition) is 22. The number of Topliss-reactive ketones (excluding diaryl/α,β-unsaturated/α-hetero) is 13. The van der Waals surface area contributed by atoms with E-state index in [0.717, 1.165) is 0 Å². The fourth-order valence-corrected chi connectivity index (χ4v) is 17.0. The maximum Gasteiger partial charge on any atom is 0.303 e. The van der Waals surface area contributed by atoms with Crippen LogP contribution in [0.5, 0.6) is 5.75 Å². The third-order valence-electron chi connectivity index (χ3n) is 26.6. The molecule has 2 heterocycles. The Bertz CT molecular complexity index is 5210. The molecular formula is C107H164N20O23. The average molecular weight is 2100 g/mol. The first-order valence-electron chi connectivity index (χ1n) is 52.1. The van der Waals surface area contributed by atoms with E-state index in [1.807, 2.05) is 26.0 Å². The summed E-state index contributed by atoms with van der Waals surface area (Å²) in [6, 6.07) is 4.79. The minimum Gasteiger partial charge on any atom is -0.508 e.